The number of hydrogen-bond acceptors (Lipinski definition) is 4. The molecule has 0 bridgehead atoms. The zero-order valence-corrected chi connectivity index (χ0v) is 15.3. The van der Waals surface area contributed by atoms with Crippen LogP contribution in [0.15, 0.2) is 18.3 Å². The number of pyridine rings is 1. The van der Waals surface area contributed by atoms with E-state index in [0.717, 1.165) is 38.8 Å². The maximum Gasteiger partial charge on any atom is 0.259 e. The van der Waals surface area contributed by atoms with Gasteiger partial charge in [0.25, 0.3) is 5.91 Å². The van der Waals surface area contributed by atoms with E-state index in [-0.39, 0.29) is 16.9 Å². The van der Waals surface area contributed by atoms with Crippen molar-refractivity contribution in [3.8, 4) is 5.88 Å². The van der Waals surface area contributed by atoms with Crippen LogP contribution in [0.25, 0.3) is 0 Å². The van der Waals surface area contributed by atoms with Crippen LogP contribution in [0.1, 0.15) is 49.9 Å². The van der Waals surface area contributed by atoms with Gasteiger partial charge in [0.15, 0.2) is 0 Å². The van der Waals surface area contributed by atoms with E-state index in [1.54, 1.807) is 6.20 Å². The fraction of sp³-hybridized carbons (Fsp3) is 0.684. The molecule has 3 rings (SSSR count). The summed E-state index contributed by atoms with van der Waals surface area (Å²) in [4.78, 5) is 21.7. The second-order valence-electron chi connectivity index (χ2n) is 8.41. The van der Waals surface area contributed by atoms with Crippen LogP contribution in [0, 0.1) is 5.41 Å². The van der Waals surface area contributed by atoms with Gasteiger partial charge in [-0.1, -0.05) is 13.8 Å². The minimum atomic E-state index is -0.260. The number of amides is 1. The molecule has 24 heavy (non-hydrogen) atoms. The molecule has 0 aromatic carbocycles. The minimum Gasteiger partial charge on any atom is -0.469 e. The van der Waals surface area contributed by atoms with E-state index in [9.17, 15) is 4.79 Å². The van der Waals surface area contributed by atoms with Gasteiger partial charge in [-0.2, -0.15) is 0 Å². The van der Waals surface area contributed by atoms with Crippen molar-refractivity contribution in [1.82, 2.24) is 14.8 Å². The molecule has 0 atom stereocenters. The van der Waals surface area contributed by atoms with Crippen molar-refractivity contribution in [3.05, 3.63) is 23.9 Å². The number of ether oxygens (including phenoxy) is 1. The summed E-state index contributed by atoms with van der Waals surface area (Å²) in [6.45, 7) is 6.77. The summed E-state index contributed by atoms with van der Waals surface area (Å²) in [5.41, 5.74) is 0.358. The highest BCUT2D eigenvalue weighted by Crippen LogP contribution is 2.39. The van der Waals surface area contributed by atoms with E-state index < -0.39 is 0 Å². The van der Waals surface area contributed by atoms with Gasteiger partial charge >= 0.3 is 0 Å². The second kappa shape index (κ2) is 6.36. The lowest BCUT2D eigenvalue weighted by atomic mass is 9.91. The van der Waals surface area contributed by atoms with Crippen LogP contribution in [0.3, 0.4) is 0 Å². The Morgan fingerprint density at radius 3 is 2.71 bits per heavy atom. The van der Waals surface area contributed by atoms with Gasteiger partial charge in [-0.3, -0.25) is 4.79 Å². The van der Waals surface area contributed by atoms with Crippen molar-refractivity contribution in [3.63, 3.8) is 0 Å². The van der Waals surface area contributed by atoms with E-state index in [4.69, 9.17) is 4.74 Å². The van der Waals surface area contributed by atoms with Gasteiger partial charge in [0.2, 0.25) is 5.88 Å². The van der Waals surface area contributed by atoms with E-state index in [1.165, 1.54) is 0 Å². The highest BCUT2D eigenvalue weighted by molar-refractivity contribution is 5.96. The van der Waals surface area contributed by atoms with Crippen molar-refractivity contribution < 1.29 is 9.53 Å². The van der Waals surface area contributed by atoms with E-state index in [0.29, 0.717) is 18.0 Å². The second-order valence-corrected chi connectivity index (χ2v) is 8.41. The number of rotatable bonds is 4. The lowest BCUT2D eigenvalue weighted by Crippen LogP contribution is -2.49. The first-order chi connectivity index (χ1) is 11.3. The summed E-state index contributed by atoms with van der Waals surface area (Å²) in [5.74, 6) is 0.561. The third kappa shape index (κ3) is 3.56. The van der Waals surface area contributed by atoms with E-state index in [2.05, 4.69) is 37.8 Å². The predicted molar refractivity (Wildman–Crippen MR) is 94.3 cm³/mol. The van der Waals surface area contributed by atoms with Crippen molar-refractivity contribution in [2.75, 3.05) is 33.7 Å². The van der Waals surface area contributed by atoms with Gasteiger partial charge in [0, 0.05) is 19.3 Å². The molecule has 1 saturated carbocycles. The Morgan fingerprint density at radius 2 is 2.04 bits per heavy atom. The molecule has 1 amide bonds. The molecule has 1 aromatic rings. The SMILES string of the molecule is CN(C)CC(C)(C)CN1CC2(CCCC2)Oc2ncccc2C1=O. The lowest BCUT2D eigenvalue weighted by Gasteiger charge is -2.37. The smallest absolute Gasteiger partial charge is 0.259 e. The van der Waals surface area contributed by atoms with Crippen molar-refractivity contribution in [2.24, 2.45) is 5.41 Å². The molecule has 132 valence electrons. The van der Waals surface area contributed by atoms with Gasteiger partial charge in [-0.15, -0.1) is 0 Å². The molecule has 2 aliphatic rings. The summed E-state index contributed by atoms with van der Waals surface area (Å²) < 4.78 is 6.32. The topological polar surface area (TPSA) is 45.7 Å². The summed E-state index contributed by atoms with van der Waals surface area (Å²) in [5, 5.41) is 0. The Labute approximate surface area is 145 Å². The first-order valence-electron chi connectivity index (χ1n) is 8.88. The fourth-order valence-corrected chi connectivity index (χ4v) is 4.29. The van der Waals surface area contributed by atoms with Gasteiger partial charge in [-0.25, -0.2) is 4.98 Å². The zero-order chi connectivity index (χ0) is 17.4. The zero-order valence-electron chi connectivity index (χ0n) is 15.3. The van der Waals surface area contributed by atoms with Gasteiger partial charge < -0.3 is 14.5 Å². The largest absolute Gasteiger partial charge is 0.469 e. The molecule has 1 fully saturated rings. The van der Waals surface area contributed by atoms with Crippen molar-refractivity contribution in [1.29, 1.82) is 0 Å². The number of aromatic nitrogens is 1. The molecule has 0 N–H and O–H groups in total. The molecule has 1 aromatic heterocycles. The van der Waals surface area contributed by atoms with Crippen LogP contribution in [-0.4, -0.2) is 60.0 Å². The number of carbonyl (C=O) groups excluding carboxylic acids is 1. The van der Waals surface area contributed by atoms with E-state index in [1.807, 2.05) is 17.0 Å². The van der Waals surface area contributed by atoms with Crippen LogP contribution >= 0.6 is 0 Å². The molecule has 5 nitrogen and oxygen atoms in total. The molecule has 0 radical (unpaired) electrons. The third-order valence-corrected chi connectivity index (χ3v) is 4.96. The molecule has 0 saturated heterocycles. The van der Waals surface area contributed by atoms with Crippen LogP contribution in [0.4, 0.5) is 0 Å². The number of fused-ring (bicyclic) bond motifs is 1. The van der Waals surface area contributed by atoms with Gasteiger partial charge in [0.05, 0.1) is 6.54 Å². The Kier molecular flexibility index (Phi) is 4.56. The molecular weight excluding hydrogens is 302 g/mol. The summed E-state index contributed by atoms with van der Waals surface area (Å²) in [7, 11) is 4.15. The Bertz CT molecular complexity index is 606. The first-order valence-corrected chi connectivity index (χ1v) is 8.88. The molecule has 5 heteroatoms. The third-order valence-electron chi connectivity index (χ3n) is 4.96. The molecule has 1 aliphatic carbocycles. The maximum absolute atomic E-state index is 13.1. The van der Waals surface area contributed by atoms with Crippen molar-refractivity contribution >= 4 is 5.91 Å². The lowest BCUT2D eigenvalue weighted by molar-refractivity contribution is 0.0245. The van der Waals surface area contributed by atoms with Crippen LogP contribution < -0.4 is 4.74 Å². The number of nitrogens with zero attached hydrogens (tertiary/aromatic N) is 3. The normalized spacial score (nSPS) is 20.2. The molecule has 1 spiro atoms. The highest BCUT2D eigenvalue weighted by Gasteiger charge is 2.44. The average molecular weight is 331 g/mol. The number of carbonyl (C=O) groups is 1. The highest BCUT2D eigenvalue weighted by atomic mass is 16.5. The standard InChI is InChI=1S/C19H29N3O2/c1-18(2,12-21(3)4)13-22-14-19(9-5-6-10-19)24-16-15(17(22)23)8-7-11-20-16/h7-8,11H,5-6,9-10,12-14H2,1-4H3. The van der Waals surface area contributed by atoms with Crippen LogP contribution in [-0.2, 0) is 0 Å². The summed E-state index contributed by atoms with van der Waals surface area (Å²) in [6.07, 6.45) is 6.03. The molecule has 1 aliphatic heterocycles. The maximum atomic E-state index is 13.1. The molecule has 2 heterocycles. The summed E-state index contributed by atoms with van der Waals surface area (Å²) in [6, 6.07) is 3.65. The average Bonchev–Trinajstić information content (AvgIpc) is 2.88. The Balaban J connectivity index is 1.91. The van der Waals surface area contributed by atoms with Crippen LogP contribution in [0.5, 0.6) is 5.88 Å². The first kappa shape index (κ1) is 17.2. The minimum absolute atomic E-state index is 0.0195. The predicted octanol–water partition coefficient (Wildman–Crippen LogP) is 2.82. The Morgan fingerprint density at radius 1 is 1.33 bits per heavy atom. The summed E-state index contributed by atoms with van der Waals surface area (Å²) >= 11 is 0. The molecule has 0 unspecified atom stereocenters. The molecular formula is C19H29N3O2. The van der Waals surface area contributed by atoms with Gasteiger partial charge in [0.1, 0.15) is 11.2 Å². The van der Waals surface area contributed by atoms with E-state index >= 15 is 0 Å². The number of hydrogen-bond donors (Lipinski definition) is 0. The van der Waals surface area contributed by atoms with Crippen molar-refractivity contribution in [2.45, 2.75) is 45.1 Å². The monoisotopic (exact) mass is 331 g/mol. The Hall–Kier alpha value is -1.62. The van der Waals surface area contributed by atoms with Gasteiger partial charge in [-0.05, 0) is 57.3 Å². The van der Waals surface area contributed by atoms with Crippen LogP contribution in [0.2, 0.25) is 0 Å². The fourth-order valence-electron chi connectivity index (χ4n) is 4.29. The quantitative estimate of drug-likeness (QED) is 0.851.